The molecular formula is C11H15F3N2O2. The topological polar surface area (TPSA) is 57.2 Å². The highest BCUT2D eigenvalue weighted by Gasteiger charge is 2.36. The van der Waals surface area contributed by atoms with Crippen molar-refractivity contribution >= 4 is 5.97 Å². The van der Waals surface area contributed by atoms with Gasteiger partial charge in [0, 0.05) is 12.6 Å². The third-order valence-corrected chi connectivity index (χ3v) is 2.23. The summed E-state index contributed by atoms with van der Waals surface area (Å²) in [6.07, 6.45) is -4.53. The normalized spacial score (nSPS) is 13.4. The van der Waals surface area contributed by atoms with Gasteiger partial charge in [0.05, 0.1) is 6.61 Å². The lowest BCUT2D eigenvalue weighted by atomic mass is 10.3. The van der Waals surface area contributed by atoms with E-state index in [-0.39, 0.29) is 18.8 Å². The molecule has 1 atom stereocenters. The summed E-state index contributed by atoms with van der Waals surface area (Å²) in [6, 6.07) is 1.45. The van der Waals surface area contributed by atoms with Gasteiger partial charge in [0.15, 0.2) is 0 Å². The predicted molar refractivity (Wildman–Crippen MR) is 59.0 cm³/mol. The molecule has 0 saturated carbocycles. The van der Waals surface area contributed by atoms with E-state index in [0.717, 1.165) is 16.7 Å². The zero-order valence-corrected chi connectivity index (χ0v) is 10.1. The largest absolute Gasteiger partial charge is 0.461 e. The summed E-state index contributed by atoms with van der Waals surface area (Å²) >= 11 is 0. The highest BCUT2D eigenvalue weighted by molar-refractivity contribution is 5.88. The lowest BCUT2D eigenvalue weighted by Crippen LogP contribution is -2.28. The van der Waals surface area contributed by atoms with E-state index in [0.29, 0.717) is 0 Å². The fourth-order valence-corrected chi connectivity index (χ4v) is 1.58. The molecule has 0 aliphatic carbocycles. The molecule has 4 nitrogen and oxygen atoms in total. The Bertz CT molecular complexity index is 424. The van der Waals surface area contributed by atoms with Crippen molar-refractivity contribution in [2.24, 2.45) is 5.73 Å². The Morgan fingerprint density at radius 1 is 1.50 bits per heavy atom. The van der Waals surface area contributed by atoms with Gasteiger partial charge in [-0.05, 0) is 26.0 Å². The van der Waals surface area contributed by atoms with Gasteiger partial charge < -0.3 is 15.0 Å². The predicted octanol–water partition coefficient (Wildman–Crippen LogP) is 2.03. The van der Waals surface area contributed by atoms with Crippen LogP contribution >= 0.6 is 0 Å². The third-order valence-electron chi connectivity index (χ3n) is 2.23. The first-order chi connectivity index (χ1) is 8.27. The van der Waals surface area contributed by atoms with Gasteiger partial charge in [-0.1, -0.05) is 0 Å². The molecule has 1 aromatic rings. The van der Waals surface area contributed by atoms with Crippen molar-refractivity contribution in [2.45, 2.75) is 32.6 Å². The first kappa shape index (κ1) is 14.6. The highest BCUT2D eigenvalue weighted by atomic mass is 19.4. The van der Waals surface area contributed by atoms with E-state index in [1.165, 1.54) is 0 Å². The average Bonchev–Trinajstić information content (AvgIpc) is 2.60. The van der Waals surface area contributed by atoms with Gasteiger partial charge in [-0.2, -0.15) is 13.2 Å². The molecule has 1 unspecified atom stereocenters. The number of nitrogens with zero attached hydrogens (tertiary/aromatic N) is 1. The third kappa shape index (κ3) is 3.25. The zero-order chi connectivity index (χ0) is 13.9. The number of halogens is 3. The van der Waals surface area contributed by atoms with Crippen molar-refractivity contribution in [1.29, 1.82) is 0 Å². The SMILES string of the molecule is CCOC(=O)c1ccc(C(F)(F)F)n1CC(C)N. The lowest BCUT2D eigenvalue weighted by molar-refractivity contribution is -0.143. The zero-order valence-electron chi connectivity index (χ0n) is 10.1. The fourth-order valence-electron chi connectivity index (χ4n) is 1.58. The van der Waals surface area contributed by atoms with Crippen LogP contribution in [0.15, 0.2) is 12.1 Å². The smallest absolute Gasteiger partial charge is 0.431 e. The number of carbonyl (C=O) groups is 1. The second-order valence-corrected chi connectivity index (χ2v) is 3.91. The Balaban J connectivity index is 3.19. The van der Waals surface area contributed by atoms with Gasteiger partial charge in [-0.15, -0.1) is 0 Å². The summed E-state index contributed by atoms with van der Waals surface area (Å²) in [5, 5.41) is 0. The summed E-state index contributed by atoms with van der Waals surface area (Å²) in [5.74, 6) is -0.784. The molecule has 1 rings (SSSR count). The van der Waals surface area contributed by atoms with Crippen LogP contribution < -0.4 is 5.73 Å². The molecule has 0 radical (unpaired) electrons. The Kier molecular flexibility index (Phi) is 4.39. The number of ether oxygens (including phenoxy) is 1. The van der Waals surface area contributed by atoms with E-state index < -0.39 is 23.9 Å². The van der Waals surface area contributed by atoms with E-state index in [2.05, 4.69) is 0 Å². The molecular weight excluding hydrogens is 249 g/mol. The van der Waals surface area contributed by atoms with E-state index in [1.807, 2.05) is 0 Å². The quantitative estimate of drug-likeness (QED) is 0.846. The summed E-state index contributed by atoms with van der Waals surface area (Å²) in [6.45, 7) is 3.15. The maximum absolute atomic E-state index is 12.7. The number of hydrogen-bond donors (Lipinski definition) is 1. The molecule has 0 saturated heterocycles. The first-order valence-electron chi connectivity index (χ1n) is 5.46. The molecule has 102 valence electrons. The minimum absolute atomic E-state index is 0.101. The fraction of sp³-hybridized carbons (Fsp3) is 0.545. The van der Waals surface area contributed by atoms with Crippen LogP contribution in [0.3, 0.4) is 0 Å². The second kappa shape index (κ2) is 5.43. The van der Waals surface area contributed by atoms with Gasteiger partial charge in [-0.25, -0.2) is 4.79 Å². The van der Waals surface area contributed by atoms with E-state index in [1.54, 1.807) is 13.8 Å². The first-order valence-corrected chi connectivity index (χ1v) is 5.46. The van der Waals surface area contributed by atoms with Crippen LogP contribution in [0.1, 0.15) is 30.0 Å². The lowest BCUT2D eigenvalue weighted by Gasteiger charge is -2.16. The number of rotatable bonds is 4. The van der Waals surface area contributed by atoms with Crippen LogP contribution in [0.4, 0.5) is 13.2 Å². The number of alkyl halides is 3. The summed E-state index contributed by atoms with van der Waals surface area (Å²) in [7, 11) is 0. The molecule has 0 aromatic carbocycles. The molecule has 7 heteroatoms. The number of carbonyl (C=O) groups excluding carboxylic acids is 1. The molecule has 0 spiro atoms. The van der Waals surface area contributed by atoms with Crippen molar-refractivity contribution < 1.29 is 22.7 Å². The molecule has 0 fully saturated rings. The standard InChI is InChI=1S/C11H15F3N2O2/c1-3-18-10(17)8-4-5-9(11(12,13)14)16(8)6-7(2)15/h4-5,7H,3,6,15H2,1-2H3. The van der Waals surface area contributed by atoms with E-state index in [9.17, 15) is 18.0 Å². The molecule has 2 N–H and O–H groups in total. The van der Waals surface area contributed by atoms with Crippen LogP contribution in [0.2, 0.25) is 0 Å². The van der Waals surface area contributed by atoms with Gasteiger partial charge in [-0.3, -0.25) is 0 Å². The maximum atomic E-state index is 12.7. The van der Waals surface area contributed by atoms with Crippen molar-refractivity contribution in [3.63, 3.8) is 0 Å². The Morgan fingerprint density at radius 2 is 2.11 bits per heavy atom. The number of nitrogens with two attached hydrogens (primary N) is 1. The molecule has 1 aromatic heterocycles. The monoisotopic (exact) mass is 264 g/mol. The summed E-state index contributed by atoms with van der Waals surface area (Å²) < 4.78 is 43.8. The van der Waals surface area contributed by atoms with E-state index >= 15 is 0 Å². The number of esters is 1. The second-order valence-electron chi connectivity index (χ2n) is 3.91. The number of aromatic nitrogens is 1. The minimum Gasteiger partial charge on any atom is -0.461 e. The van der Waals surface area contributed by atoms with Crippen molar-refractivity contribution in [3.8, 4) is 0 Å². The van der Waals surface area contributed by atoms with E-state index in [4.69, 9.17) is 10.5 Å². The summed E-state index contributed by atoms with van der Waals surface area (Å²) in [4.78, 5) is 11.5. The van der Waals surface area contributed by atoms with Crippen LogP contribution in [0.25, 0.3) is 0 Å². The van der Waals surface area contributed by atoms with Crippen molar-refractivity contribution in [1.82, 2.24) is 4.57 Å². The average molecular weight is 264 g/mol. The Labute approximate surface area is 103 Å². The highest BCUT2D eigenvalue weighted by Crippen LogP contribution is 2.31. The molecule has 0 amide bonds. The van der Waals surface area contributed by atoms with Crippen LogP contribution in [0, 0.1) is 0 Å². The van der Waals surface area contributed by atoms with Crippen LogP contribution in [-0.4, -0.2) is 23.2 Å². The van der Waals surface area contributed by atoms with Gasteiger partial charge in [0.1, 0.15) is 11.4 Å². The van der Waals surface area contributed by atoms with Crippen LogP contribution in [-0.2, 0) is 17.5 Å². The molecule has 1 heterocycles. The van der Waals surface area contributed by atoms with Crippen LogP contribution in [0.5, 0.6) is 0 Å². The Morgan fingerprint density at radius 3 is 2.56 bits per heavy atom. The minimum atomic E-state index is -4.53. The molecule has 0 aliphatic heterocycles. The molecule has 0 aliphatic rings. The molecule has 0 bridgehead atoms. The Hall–Kier alpha value is -1.50. The van der Waals surface area contributed by atoms with Crippen molar-refractivity contribution in [2.75, 3.05) is 6.61 Å². The van der Waals surface area contributed by atoms with Crippen molar-refractivity contribution in [3.05, 3.63) is 23.5 Å². The van der Waals surface area contributed by atoms with Gasteiger partial charge in [0.2, 0.25) is 0 Å². The molecule has 18 heavy (non-hydrogen) atoms. The summed E-state index contributed by atoms with van der Waals surface area (Å²) in [5.41, 5.74) is 4.46. The maximum Gasteiger partial charge on any atom is 0.431 e. The number of hydrogen-bond acceptors (Lipinski definition) is 3. The van der Waals surface area contributed by atoms with Gasteiger partial charge >= 0.3 is 12.1 Å². The van der Waals surface area contributed by atoms with Gasteiger partial charge in [0.25, 0.3) is 0 Å².